The summed E-state index contributed by atoms with van der Waals surface area (Å²) in [6.45, 7) is 0. The van der Waals surface area contributed by atoms with Crippen molar-refractivity contribution >= 4 is 17.4 Å². The summed E-state index contributed by atoms with van der Waals surface area (Å²) in [7, 11) is 3.61. The van der Waals surface area contributed by atoms with Gasteiger partial charge in [0, 0.05) is 31.8 Å². The Bertz CT molecular complexity index is 670. The lowest BCUT2D eigenvalue weighted by molar-refractivity contribution is -0.118. The van der Waals surface area contributed by atoms with Crippen LogP contribution in [-0.2, 0) is 11.2 Å². The first kappa shape index (κ1) is 12.5. The zero-order chi connectivity index (χ0) is 14.1. The Morgan fingerprint density at radius 1 is 1.30 bits per heavy atom. The molecule has 1 aliphatic rings. The number of benzene rings is 1. The molecule has 1 N–H and O–H groups in total. The van der Waals surface area contributed by atoms with Crippen LogP contribution in [0.5, 0.6) is 0 Å². The minimum atomic E-state index is 0.155. The van der Waals surface area contributed by atoms with Crippen molar-refractivity contribution in [2.45, 2.75) is 12.8 Å². The molecule has 0 aliphatic carbocycles. The molecule has 6 heteroatoms. The van der Waals surface area contributed by atoms with Gasteiger partial charge >= 0.3 is 0 Å². The van der Waals surface area contributed by atoms with E-state index in [0.29, 0.717) is 12.2 Å². The van der Waals surface area contributed by atoms with Crippen molar-refractivity contribution < 1.29 is 4.79 Å². The average molecular weight is 269 g/mol. The predicted molar refractivity (Wildman–Crippen MR) is 76.5 cm³/mol. The molecule has 2 heterocycles. The third-order valence-electron chi connectivity index (χ3n) is 3.55. The quantitative estimate of drug-likeness (QED) is 0.894. The lowest BCUT2D eigenvalue weighted by Gasteiger charge is -2.26. The van der Waals surface area contributed by atoms with Gasteiger partial charge in [-0.2, -0.15) is 0 Å². The molecule has 0 radical (unpaired) electrons. The van der Waals surface area contributed by atoms with Crippen molar-refractivity contribution in [3.63, 3.8) is 0 Å². The van der Waals surface area contributed by atoms with E-state index in [2.05, 4.69) is 26.6 Å². The van der Waals surface area contributed by atoms with Gasteiger partial charge in [0.15, 0.2) is 5.82 Å². The van der Waals surface area contributed by atoms with E-state index in [4.69, 9.17) is 0 Å². The minimum Gasteiger partial charge on any atom is -0.371 e. The lowest BCUT2D eigenvalue weighted by atomic mass is 9.98. The molecule has 0 unspecified atom stereocenters. The van der Waals surface area contributed by atoms with Crippen molar-refractivity contribution in [1.82, 2.24) is 15.2 Å². The molecule has 0 bridgehead atoms. The van der Waals surface area contributed by atoms with Crippen LogP contribution in [0.1, 0.15) is 12.0 Å². The summed E-state index contributed by atoms with van der Waals surface area (Å²) in [5.74, 6) is 0.850. The van der Waals surface area contributed by atoms with Crippen molar-refractivity contribution in [3.8, 4) is 11.3 Å². The first-order chi connectivity index (χ1) is 9.70. The van der Waals surface area contributed by atoms with Gasteiger partial charge in [0.2, 0.25) is 5.91 Å². The van der Waals surface area contributed by atoms with Crippen LogP contribution in [0.15, 0.2) is 24.5 Å². The number of carbonyl (C=O) groups excluding carboxylic acids is 1. The number of carbonyl (C=O) groups is 1. The molecule has 0 atom stereocenters. The smallest absolute Gasteiger partial charge is 0.227 e. The number of anilines is 2. The number of amides is 1. The Labute approximate surface area is 116 Å². The van der Waals surface area contributed by atoms with Crippen LogP contribution < -0.4 is 10.2 Å². The number of rotatable bonds is 2. The maximum atomic E-state index is 11.7. The molecule has 20 heavy (non-hydrogen) atoms. The van der Waals surface area contributed by atoms with E-state index < -0.39 is 0 Å². The number of nitrogens with one attached hydrogen (secondary N) is 1. The van der Waals surface area contributed by atoms with Gasteiger partial charge in [0.05, 0.1) is 0 Å². The van der Waals surface area contributed by atoms with Crippen LogP contribution in [-0.4, -0.2) is 35.2 Å². The second kappa shape index (κ2) is 4.88. The molecular formula is C14H15N5O. The van der Waals surface area contributed by atoms with Gasteiger partial charge in [-0.3, -0.25) is 4.79 Å². The molecule has 1 aromatic carbocycles. The molecule has 2 aromatic rings. The van der Waals surface area contributed by atoms with Crippen molar-refractivity contribution in [3.05, 3.63) is 30.1 Å². The number of nitrogens with zero attached hydrogens (tertiary/aromatic N) is 4. The SMILES string of the molecule is CNc1ncnnc1-c1ccc2c(c1)CCC(=O)N2C. The Balaban J connectivity index is 2.07. The maximum absolute atomic E-state index is 11.7. The lowest BCUT2D eigenvalue weighted by Crippen LogP contribution is -2.31. The van der Waals surface area contributed by atoms with Crippen LogP contribution in [0.3, 0.4) is 0 Å². The second-order valence-electron chi connectivity index (χ2n) is 4.70. The van der Waals surface area contributed by atoms with Crippen LogP contribution >= 0.6 is 0 Å². The van der Waals surface area contributed by atoms with Crippen LogP contribution in [0.25, 0.3) is 11.3 Å². The Morgan fingerprint density at radius 2 is 2.15 bits per heavy atom. The fraction of sp³-hybridized carbons (Fsp3) is 0.286. The summed E-state index contributed by atoms with van der Waals surface area (Å²) in [6, 6.07) is 5.96. The summed E-state index contributed by atoms with van der Waals surface area (Å²) in [4.78, 5) is 17.6. The first-order valence-electron chi connectivity index (χ1n) is 6.46. The van der Waals surface area contributed by atoms with Crippen molar-refractivity contribution in [1.29, 1.82) is 0 Å². The van der Waals surface area contributed by atoms with Crippen LogP contribution in [0, 0.1) is 0 Å². The molecule has 0 saturated carbocycles. The van der Waals surface area contributed by atoms with Crippen LogP contribution in [0.2, 0.25) is 0 Å². The number of fused-ring (bicyclic) bond motifs is 1. The highest BCUT2D eigenvalue weighted by Gasteiger charge is 2.21. The molecular weight excluding hydrogens is 254 g/mol. The third-order valence-corrected chi connectivity index (χ3v) is 3.55. The summed E-state index contributed by atoms with van der Waals surface area (Å²) >= 11 is 0. The Morgan fingerprint density at radius 3 is 2.95 bits per heavy atom. The molecule has 0 fully saturated rings. The largest absolute Gasteiger partial charge is 0.371 e. The molecule has 6 nitrogen and oxygen atoms in total. The van der Waals surface area contributed by atoms with E-state index in [0.717, 1.165) is 28.9 Å². The van der Waals surface area contributed by atoms with Gasteiger partial charge in [-0.1, -0.05) is 6.07 Å². The van der Waals surface area contributed by atoms with E-state index >= 15 is 0 Å². The molecule has 1 aliphatic heterocycles. The molecule has 3 rings (SSSR count). The van der Waals surface area contributed by atoms with Gasteiger partial charge < -0.3 is 10.2 Å². The third kappa shape index (κ3) is 1.99. The van der Waals surface area contributed by atoms with E-state index in [-0.39, 0.29) is 5.91 Å². The Hall–Kier alpha value is -2.50. The van der Waals surface area contributed by atoms with Crippen molar-refractivity contribution in [2.24, 2.45) is 0 Å². The number of aryl methyl sites for hydroxylation is 1. The summed E-state index contributed by atoms with van der Waals surface area (Å²) in [6.07, 6.45) is 2.72. The van der Waals surface area contributed by atoms with E-state index in [1.54, 1.807) is 11.9 Å². The minimum absolute atomic E-state index is 0.155. The summed E-state index contributed by atoms with van der Waals surface area (Å²) in [5.41, 5.74) is 3.79. The highest BCUT2D eigenvalue weighted by atomic mass is 16.2. The van der Waals surface area contributed by atoms with Gasteiger partial charge in [-0.15, -0.1) is 10.2 Å². The second-order valence-corrected chi connectivity index (χ2v) is 4.70. The zero-order valence-corrected chi connectivity index (χ0v) is 11.4. The molecule has 0 spiro atoms. The standard InChI is InChI=1S/C14H15N5O/c1-15-14-13(18-17-8-16-14)10-3-5-11-9(7-10)4-6-12(20)19(11)2/h3,5,7-8H,4,6H2,1-2H3,(H,15,16,17). The first-order valence-corrected chi connectivity index (χ1v) is 6.46. The fourth-order valence-corrected chi connectivity index (χ4v) is 2.46. The topological polar surface area (TPSA) is 71.0 Å². The monoisotopic (exact) mass is 269 g/mol. The average Bonchev–Trinajstić information content (AvgIpc) is 2.50. The molecule has 1 amide bonds. The number of aromatic nitrogens is 3. The fourth-order valence-electron chi connectivity index (χ4n) is 2.46. The zero-order valence-electron chi connectivity index (χ0n) is 11.4. The van der Waals surface area contributed by atoms with E-state index in [1.165, 1.54) is 6.33 Å². The van der Waals surface area contributed by atoms with Gasteiger partial charge in [0.25, 0.3) is 0 Å². The summed E-state index contributed by atoms with van der Waals surface area (Å²) in [5, 5.41) is 11.0. The predicted octanol–water partition coefficient (Wildman–Crippen LogP) is 1.49. The van der Waals surface area contributed by atoms with Crippen molar-refractivity contribution in [2.75, 3.05) is 24.3 Å². The maximum Gasteiger partial charge on any atom is 0.227 e. The molecule has 102 valence electrons. The summed E-state index contributed by atoms with van der Waals surface area (Å²) < 4.78 is 0. The van der Waals surface area contributed by atoms with Gasteiger partial charge in [-0.05, 0) is 24.1 Å². The van der Waals surface area contributed by atoms with E-state index in [1.807, 2.05) is 19.2 Å². The highest BCUT2D eigenvalue weighted by Crippen LogP contribution is 2.32. The number of hydrogen-bond acceptors (Lipinski definition) is 5. The van der Waals surface area contributed by atoms with Gasteiger partial charge in [0.1, 0.15) is 12.0 Å². The number of hydrogen-bond donors (Lipinski definition) is 1. The normalized spacial score (nSPS) is 14.1. The Kier molecular flexibility index (Phi) is 3.06. The molecule has 1 aromatic heterocycles. The van der Waals surface area contributed by atoms with E-state index in [9.17, 15) is 4.79 Å². The van der Waals surface area contributed by atoms with Gasteiger partial charge in [-0.25, -0.2) is 4.98 Å². The molecule has 0 saturated heterocycles. The highest BCUT2D eigenvalue weighted by molar-refractivity contribution is 5.96. The van der Waals surface area contributed by atoms with Crippen LogP contribution in [0.4, 0.5) is 11.5 Å².